The van der Waals surface area contributed by atoms with Gasteiger partial charge >= 0.3 is 6.03 Å². The first-order valence-corrected chi connectivity index (χ1v) is 14.4. The minimum absolute atomic E-state index is 0.0198. The fourth-order valence-corrected chi connectivity index (χ4v) is 6.43. The highest BCUT2D eigenvalue weighted by Gasteiger charge is 2.54. The molecule has 2 saturated heterocycles. The first-order valence-electron chi connectivity index (χ1n) is 14.4. The number of para-hydroxylation sites is 1. The third-order valence-corrected chi connectivity index (χ3v) is 8.73. The Hall–Kier alpha value is -3.55. The summed E-state index contributed by atoms with van der Waals surface area (Å²) >= 11 is 0. The van der Waals surface area contributed by atoms with Crippen LogP contribution in [0.15, 0.2) is 48.5 Å². The lowest BCUT2D eigenvalue weighted by atomic mass is 9.85. The lowest BCUT2D eigenvalue weighted by Gasteiger charge is -2.43. The summed E-state index contributed by atoms with van der Waals surface area (Å²) in [5.74, 6) is 0.432. The van der Waals surface area contributed by atoms with Gasteiger partial charge < -0.3 is 25.3 Å². The van der Waals surface area contributed by atoms with Crippen LogP contribution in [-0.4, -0.2) is 66.0 Å². The molecular weight excluding hydrogens is 490 g/mol. The van der Waals surface area contributed by atoms with E-state index in [1.807, 2.05) is 56.3 Å². The lowest BCUT2D eigenvalue weighted by molar-refractivity contribution is -0.137. The molecule has 1 aliphatic carbocycles. The molecule has 39 heavy (non-hydrogen) atoms. The van der Waals surface area contributed by atoms with Crippen LogP contribution in [0.3, 0.4) is 0 Å². The van der Waals surface area contributed by atoms with Gasteiger partial charge in [-0.15, -0.1) is 0 Å². The highest BCUT2D eigenvalue weighted by atomic mass is 16.2. The third-order valence-electron chi connectivity index (χ3n) is 8.73. The summed E-state index contributed by atoms with van der Waals surface area (Å²) in [6.45, 7) is 6.08. The summed E-state index contributed by atoms with van der Waals surface area (Å²) in [4.78, 5) is 45.5. The Balaban J connectivity index is 1.25. The fraction of sp³-hybridized carbons (Fsp3) is 0.516. The number of amides is 4. The van der Waals surface area contributed by atoms with Crippen molar-refractivity contribution >= 4 is 29.2 Å². The van der Waals surface area contributed by atoms with Gasteiger partial charge in [0, 0.05) is 31.0 Å². The first-order chi connectivity index (χ1) is 18.9. The highest BCUT2D eigenvalue weighted by molar-refractivity contribution is 5.97. The molecule has 8 nitrogen and oxygen atoms in total. The lowest BCUT2D eigenvalue weighted by Crippen LogP contribution is -2.58. The number of piperidine rings is 1. The van der Waals surface area contributed by atoms with E-state index in [4.69, 9.17) is 0 Å². The average Bonchev–Trinajstić information content (AvgIpc) is 3.21. The standard InChI is InChI=1S/C31H41N5O3/c1-23-13-14-27(24(2)19-23)33-30(39)34-17-15-31(16-18-34)29(38)35(22-36(31)26-11-7-4-8-12-26)21-28(37)32-20-25-9-5-3-6-10-25/h4,7-8,11-14,19,25H,3,5-6,9-10,15-18,20-22H2,1-2H3,(H,32,37)(H,33,39). The molecule has 2 heterocycles. The molecule has 5 rings (SSSR count). The second-order valence-corrected chi connectivity index (χ2v) is 11.5. The minimum atomic E-state index is -0.762. The van der Waals surface area contributed by atoms with E-state index in [2.05, 4.69) is 21.6 Å². The molecule has 0 aromatic heterocycles. The summed E-state index contributed by atoms with van der Waals surface area (Å²) in [6.07, 6.45) is 7.12. The fourth-order valence-electron chi connectivity index (χ4n) is 6.43. The number of nitrogens with one attached hydrogen (secondary N) is 2. The molecule has 2 aliphatic heterocycles. The summed E-state index contributed by atoms with van der Waals surface area (Å²) in [5.41, 5.74) is 3.18. The number of carbonyl (C=O) groups is 3. The molecule has 2 aromatic rings. The normalized spacial score (nSPS) is 19.4. The van der Waals surface area contributed by atoms with Gasteiger partial charge in [0.2, 0.25) is 5.91 Å². The number of hydrogen-bond acceptors (Lipinski definition) is 4. The van der Waals surface area contributed by atoms with Gasteiger partial charge in [0.25, 0.3) is 5.91 Å². The van der Waals surface area contributed by atoms with Crippen molar-refractivity contribution in [3.63, 3.8) is 0 Å². The predicted molar refractivity (Wildman–Crippen MR) is 154 cm³/mol. The molecular formula is C31H41N5O3. The van der Waals surface area contributed by atoms with Gasteiger partial charge in [-0.25, -0.2) is 4.79 Å². The Labute approximate surface area is 231 Å². The summed E-state index contributed by atoms with van der Waals surface area (Å²) < 4.78 is 0. The largest absolute Gasteiger partial charge is 0.354 e. The van der Waals surface area contributed by atoms with Crippen molar-refractivity contribution < 1.29 is 14.4 Å². The Bertz CT molecular complexity index is 1190. The van der Waals surface area contributed by atoms with E-state index in [1.165, 1.54) is 32.1 Å². The zero-order valence-electron chi connectivity index (χ0n) is 23.2. The highest BCUT2D eigenvalue weighted by Crippen LogP contribution is 2.39. The number of hydrogen-bond donors (Lipinski definition) is 2. The quantitative estimate of drug-likeness (QED) is 0.567. The summed E-state index contributed by atoms with van der Waals surface area (Å²) in [5, 5.41) is 6.13. The van der Waals surface area contributed by atoms with Gasteiger partial charge in [0.1, 0.15) is 12.1 Å². The van der Waals surface area contributed by atoms with Gasteiger partial charge in [-0.3, -0.25) is 9.59 Å². The number of urea groups is 1. The molecule has 3 fully saturated rings. The number of likely N-dealkylation sites (tertiary alicyclic amines) is 1. The molecule has 0 unspecified atom stereocenters. The minimum Gasteiger partial charge on any atom is -0.354 e. The van der Waals surface area contributed by atoms with E-state index >= 15 is 0 Å². The zero-order valence-corrected chi connectivity index (χ0v) is 23.2. The molecule has 2 aromatic carbocycles. The molecule has 4 amide bonds. The van der Waals surface area contributed by atoms with Crippen molar-refractivity contribution in [1.82, 2.24) is 15.1 Å². The SMILES string of the molecule is Cc1ccc(NC(=O)N2CCC3(CC2)C(=O)N(CC(=O)NCC2CCCCC2)CN3c2ccccc2)c(C)c1. The van der Waals surface area contributed by atoms with Gasteiger partial charge in [0.05, 0.1) is 6.67 Å². The van der Waals surface area contributed by atoms with Crippen molar-refractivity contribution in [2.45, 2.75) is 64.3 Å². The number of rotatable bonds is 6. The number of aryl methyl sites for hydroxylation is 2. The van der Waals surface area contributed by atoms with E-state index in [9.17, 15) is 14.4 Å². The molecule has 3 aliphatic rings. The topological polar surface area (TPSA) is 85.0 Å². The van der Waals surface area contributed by atoms with Crippen molar-refractivity contribution in [2.24, 2.45) is 5.92 Å². The van der Waals surface area contributed by atoms with E-state index in [0.29, 0.717) is 45.1 Å². The van der Waals surface area contributed by atoms with Crippen LogP contribution in [0.1, 0.15) is 56.1 Å². The Morgan fingerprint density at radius 2 is 1.69 bits per heavy atom. The van der Waals surface area contributed by atoms with Crippen LogP contribution < -0.4 is 15.5 Å². The Kier molecular flexibility index (Phi) is 8.10. The smallest absolute Gasteiger partial charge is 0.321 e. The Morgan fingerprint density at radius 3 is 2.38 bits per heavy atom. The third kappa shape index (κ3) is 5.89. The second-order valence-electron chi connectivity index (χ2n) is 11.5. The average molecular weight is 532 g/mol. The summed E-state index contributed by atoms with van der Waals surface area (Å²) in [7, 11) is 0. The molecule has 0 atom stereocenters. The van der Waals surface area contributed by atoms with Gasteiger partial charge in [-0.2, -0.15) is 0 Å². The zero-order chi connectivity index (χ0) is 27.4. The van der Waals surface area contributed by atoms with Crippen LogP contribution in [-0.2, 0) is 9.59 Å². The van der Waals surface area contributed by atoms with E-state index < -0.39 is 5.54 Å². The molecule has 0 bridgehead atoms. The van der Waals surface area contributed by atoms with E-state index in [1.54, 1.807) is 9.80 Å². The van der Waals surface area contributed by atoms with Crippen LogP contribution in [0.5, 0.6) is 0 Å². The first kappa shape index (κ1) is 27.0. The maximum absolute atomic E-state index is 13.9. The van der Waals surface area contributed by atoms with Crippen LogP contribution >= 0.6 is 0 Å². The number of anilines is 2. The number of benzene rings is 2. The predicted octanol–water partition coefficient (Wildman–Crippen LogP) is 4.67. The molecule has 8 heteroatoms. The maximum atomic E-state index is 13.9. The molecule has 1 spiro atoms. The van der Waals surface area contributed by atoms with Crippen LogP contribution in [0, 0.1) is 19.8 Å². The molecule has 1 saturated carbocycles. The maximum Gasteiger partial charge on any atom is 0.321 e. The van der Waals surface area contributed by atoms with Crippen molar-refractivity contribution in [3.8, 4) is 0 Å². The molecule has 2 N–H and O–H groups in total. The monoisotopic (exact) mass is 531 g/mol. The number of nitrogens with zero attached hydrogens (tertiary/aromatic N) is 3. The number of carbonyl (C=O) groups excluding carboxylic acids is 3. The van der Waals surface area contributed by atoms with Crippen LogP contribution in [0.2, 0.25) is 0 Å². The van der Waals surface area contributed by atoms with Crippen molar-refractivity contribution in [2.75, 3.05) is 43.1 Å². The van der Waals surface area contributed by atoms with Crippen LogP contribution in [0.4, 0.5) is 16.2 Å². The van der Waals surface area contributed by atoms with Crippen molar-refractivity contribution in [1.29, 1.82) is 0 Å². The van der Waals surface area contributed by atoms with Crippen molar-refractivity contribution in [3.05, 3.63) is 59.7 Å². The molecule has 0 radical (unpaired) electrons. The second kappa shape index (κ2) is 11.7. The van der Waals surface area contributed by atoms with E-state index in [0.717, 1.165) is 22.5 Å². The summed E-state index contributed by atoms with van der Waals surface area (Å²) in [6, 6.07) is 15.8. The van der Waals surface area contributed by atoms with E-state index in [-0.39, 0.29) is 24.4 Å². The molecule has 208 valence electrons. The van der Waals surface area contributed by atoms with Crippen LogP contribution in [0.25, 0.3) is 0 Å². The van der Waals surface area contributed by atoms with Gasteiger partial charge in [0.15, 0.2) is 0 Å². The Morgan fingerprint density at radius 1 is 0.974 bits per heavy atom. The van der Waals surface area contributed by atoms with Gasteiger partial charge in [-0.05, 0) is 69.2 Å². The van der Waals surface area contributed by atoms with Gasteiger partial charge in [-0.1, -0.05) is 55.2 Å².